The summed E-state index contributed by atoms with van der Waals surface area (Å²) < 4.78 is 5.73. The summed E-state index contributed by atoms with van der Waals surface area (Å²) in [5.41, 5.74) is 1.16. The molecule has 2 atom stereocenters. The van der Waals surface area contributed by atoms with Gasteiger partial charge in [-0.05, 0) is 30.9 Å². The Morgan fingerprint density at radius 1 is 1.40 bits per heavy atom. The minimum atomic E-state index is 0. The zero-order chi connectivity index (χ0) is 13.7. The quantitative estimate of drug-likeness (QED) is 0.352. The predicted molar refractivity (Wildman–Crippen MR) is 94.2 cm³/mol. The molecule has 0 amide bonds. The van der Waals surface area contributed by atoms with Crippen LogP contribution in [-0.4, -0.2) is 32.2 Å². The van der Waals surface area contributed by atoms with Crippen molar-refractivity contribution < 1.29 is 4.74 Å². The van der Waals surface area contributed by atoms with Crippen molar-refractivity contribution in [1.29, 1.82) is 0 Å². The molecule has 112 valence electrons. The number of aliphatic imine (C=N–C) groups is 1. The average molecular weight is 389 g/mol. The summed E-state index contributed by atoms with van der Waals surface area (Å²) in [5, 5.41) is 6.65. The number of nitrogens with one attached hydrogen (secondary N) is 2. The molecule has 0 radical (unpaired) electrons. The fraction of sp³-hybridized carbons (Fsp3) is 0.533. The molecule has 2 rings (SSSR count). The van der Waals surface area contributed by atoms with Crippen molar-refractivity contribution in [2.75, 3.05) is 20.2 Å². The third-order valence-electron chi connectivity index (χ3n) is 3.40. The van der Waals surface area contributed by atoms with Gasteiger partial charge >= 0.3 is 0 Å². The second-order valence-electron chi connectivity index (χ2n) is 5.08. The highest BCUT2D eigenvalue weighted by atomic mass is 127. The van der Waals surface area contributed by atoms with Crippen LogP contribution in [0.1, 0.15) is 18.9 Å². The van der Waals surface area contributed by atoms with Gasteiger partial charge in [-0.15, -0.1) is 24.0 Å². The average Bonchev–Trinajstić information content (AvgIpc) is 3.10. The Balaban J connectivity index is 0.00000200. The van der Waals surface area contributed by atoms with Crippen molar-refractivity contribution in [1.82, 2.24) is 10.6 Å². The minimum Gasteiger partial charge on any atom is -0.491 e. The van der Waals surface area contributed by atoms with Crippen LogP contribution in [0, 0.1) is 12.8 Å². The van der Waals surface area contributed by atoms with Gasteiger partial charge in [0, 0.05) is 13.1 Å². The standard InChI is InChI=1S/C15H23N3O.HI/c1-11-6-4-5-7-14(11)19-9-8-17-15(16-3)18-13-10-12(13)2;/h4-7,12-13H,8-10H2,1-3H3,(H2,16,17,18);1H. The molecule has 1 aliphatic rings. The molecule has 2 unspecified atom stereocenters. The van der Waals surface area contributed by atoms with Gasteiger partial charge in [0.05, 0.1) is 6.54 Å². The summed E-state index contributed by atoms with van der Waals surface area (Å²) in [5.74, 6) is 2.58. The van der Waals surface area contributed by atoms with Crippen LogP contribution in [0.15, 0.2) is 29.3 Å². The third-order valence-corrected chi connectivity index (χ3v) is 3.40. The number of guanidine groups is 1. The Labute approximate surface area is 138 Å². The van der Waals surface area contributed by atoms with E-state index in [-0.39, 0.29) is 24.0 Å². The molecule has 20 heavy (non-hydrogen) atoms. The van der Waals surface area contributed by atoms with Gasteiger partial charge in [0.15, 0.2) is 5.96 Å². The van der Waals surface area contributed by atoms with Crippen molar-refractivity contribution in [3.05, 3.63) is 29.8 Å². The molecule has 2 N–H and O–H groups in total. The van der Waals surface area contributed by atoms with Crippen molar-refractivity contribution in [2.45, 2.75) is 26.3 Å². The van der Waals surface area contributed by atoms with E-state index in [0.717, 1.165) is 29.7 Å². The number of nitrogens with zero attached hydrogens (tertiary/aromatic N) is 1. The molecule has 0 aromatic heterocycles. The third kappa shape index (κ3) is 5.19. The molecule has 0 bridgehead atoms. The number of halogens is 1. The summed E-state index contributed by atoms with van der Waals surface area (Å²) in [7, 11) is 1.80. The van der Waals surface area contributed by atoms with Crippen LogP contribution in [0.5, 0.6) is 5.75 Å². The molecule has 5 heteroatoms. The molecule has 1 aromatic carbocycles. The summed E-state index contributed by atoms with van der Waals surface area (Å²) in [6, 6.07) is 8.64. The van der Waals surface area contributed by atoms with Gasteiger partial charge in [-0.1, -0.05) is 25.1 Å². The number of hydrogen-bond donors (Lipinski definition) is 2. The van der Waals surface area contributed by atoms with E-state index in [9.17, 15) is 0 Å². The van der Waals surface area contributed by atoms with E-state index in [1.807, 2.05) is 18.2 Å². The van der Waals surface area contributed by atoms with E-state index in [2.05, 4.69) is 35.5 Å². The molecule has 0 spiro atoms. The van der Waals surface area contributed by atoms with Crippen molar-refractivity contribution in [3.63, 3.8) is 0 Å². The molecule has 0 aliphatic heterocycles. The van der Waals surface area contributed by atoms with Gasteiger partial charge in [0.2, 0.25) is 0 Å². The van der Waals surface area contributed by atoms with E-state index in [0.29, 0.717) is 12.6 Å². The summed E-state index contributed by atoms with van der Waals surface area (Å²) in [6.45, 7) is 5.67. The summed E-state index contributed by atoms with van der Waals surface area (Å²) >= 11 is 0. The van der Waals surface area contributed by atoms with Crippen molar-refractivity contribution >= 4 is 29.9 Å². The molecular formula is C15H24IN3O. The number of rotatable bonds is 5. The van der Waals surface area contributed by atoms with Crippen LogP contribution in [0.2, 0.25) is 0 Å². The van der Waals surface area contributed by atoms with E-state index in [1.165, 1.54) is 6.42 Å². The van der Waals surface area contributed by atoms with Crippen LogP contribution in [-0.2, 0) is 0 Å². The van der Waals surface area contributed by atoms with Gasteiger partial charge in [0.25, 0.3) is 0 Å². The van der Waals surface area contributed by atoms with Crippen molar-refractivity contribution in [3.8, 4) is 5.75 Å². The molecular weight excluding hydrogens is 365 g/mol. The maximum absolute atomic E-state index is 5.73. The second kappa shape index (κ2) is 8.34. The first-order chi connectivity index (χ1) is 9.20. The lowest BCUT2D eigenvalue weighted by Crippen LogP contribution is -2.40. The Morgan fingerprint density at radius 2 is 2.10 bits per heavy atom. The molecule has 1 aromatic rings. The molecule has 1 fully saturated rings. The number of hydrogen-bond acceptors (Lipinski definition) is 2. The molecule has 0 saturated heterocycles. The Hall–Kier alpha value is -0.980. The van der Waals surface area contributed by atoms with Crippen LogP contribution >= 0.6 is 24.0 Å². The van der Waals surface area contributed by atoms with Crippen LogP contribution in [0.25, 0.3) is 0 Å². The van der Waals surface area contributed by atoms with Gasteiger partial charge in [0.1, 0.15) is 12.4 Å². The van der Waals surface area contributed by atoms with E-state index >= 15 is 0 Å². The van der Waals surface area contributed by atoms with Crippen LogP contribution in [0.3, 0.4) is 0 Å². The number of aryl methyl sites for hydroxylation is 1. The first-order valence-electron chi connectivity index (χ1n) is 6.86. The Bertz CT molecular complexity index is 450. The first-order valence-corrected chi connectivity index (χ1v) is 6.86. The van der Waals surface area contributed by atoms with Gasteiger partial charge in [-0.2, -0.15) is 0 Å². The summed E-state index contributed by atoms with van der Waals surface area (Å²) in [4.78, 5) is 4.20. The largest absolute Gasteiger partial charge is 0.491 e. The Kier molecular flexibility index (Phi) is 7.12. The fourth-order valence-corrected chi connectivity index (χ4v) is 1.94. The SMILES string of the molecule is CN=C(NCCOc1ccccc1C)NC1CC1C.I. The van der Waals surface area contributed by atoms with Crippen LogP contribution in [0.4, 0.5) is 0 Å². The van der Waals surface area contributed by atoms with Gasteiger partial charge in [-0.25, -0.2) is 0 Å². The number of para-hydroxylation sites is 1. The minimum absolute atomic E-state index is 0. The highest BCUT2D eigenvalue weighted by Gasteiger charge is 2.33. The van der Waals surface area contributed by atoms with Crippen LogP contribution < -0.4 is 15.4 Å². The van der Waals surface area contributed by atoms with E-state index in [1.54, 1.807) is 7.05 Å². The fourth-order valence-electron chi connectivity index (χ4n) is 1.94. The predicted octanol–water partition coefficient (Wildman–Crippen LogP) is 2.57. The van der Waals surface area contributed by atoms with Gasteiger partial charge in [-0.3, -0.25) is 4.99 Å². The zero-order valence-electron chi connectivity index (χ0n) is 12.3. The Morgan fingerprint density at radius 3 is 2.70 bits per heavy atom. The lowest BCUT2D eigenvalue weighted by molar-refractivity contribution is 0.320. The number of benzene rings is 1. The lowest BCUT2D eigenvalue weighted by Gasteiger charge is -2.13. The summed E-state index contributed by atoms with van der Waals surface area (Å²) in [6.07, 6.45) is 1.24. The normalized spacial score (nSPS) is 20.9. The molecule has 0 heterocycles. The first kappa shape index (κ1) is 17.1. The highest BCUT2D eigenvalue weighted by molar-refractivity contribution is 14.0. The monoisotopic (exact) mass is 389 g/mol. The van der Waals surface area contributed by atoms with E-state index < -0.39 is 0 Å². The molecule has 1 saturated carbocycles. The second-order valence-corrected chi connectivity index (χ2v) is 5.08. The number of ether oxygens (including phenoxy) is 1. The van der Waals surface area contributed by atoms with Gasteiger partial charge < -0.3 is 15.4 Å². The molecule has 1 aliphatic carbocycles. The molecule has 4 nitrogen and oxygen atoms in total. The maximum atomic E-state index is 5.73. The topological polar surface area (TPSA) is 45.7 Å². The maximum Gasteiger partial charge on any atom is 0.191 e. The van der Waals surface area contributed by atoms with E-state index in [4.69, 9.17) is 4.74 Å². The highest BCUT2D eigenvalue weighted by Crippen LogP contribution is 2.28. The zero-order valence-corrected chi connectivity index (χ0v) is 14.7. The smallest absolute Gasteiger partial charge is 0.191 e. The lowest BCUT2D eigenvalue weighted by atomic mass is 10.2. The van der Waals surface area contributed by atoms with Crippen molar-refractivity contribution in [2.24, 2.45) is 10.9 Å².